The molecule has 3 nitrogen and oxygen atoms in total. The highest BCUT2D eigenvalue weighted by atomic mass is 15.4. The van der Waals surface area contributed by atoms with Crippen molar-refractivity contribution in [2.75, 3.05) is 32.7 Å². The van der Waals surface area contributed by atoms with Gasteiger partial charge >= 0.3 is 0 Å². The van der Waals surface area contributed by atoms with E-state index in [4.69, 9.17) is 0 Å². The van der Waals surface area contributed by atoms with E-state index in [2.05, 4.69) is 42.4 Å². The highest BCUT2D eigenvalue weighted by molar-refractivity contribution is 5.02. The number of nitrogens with zero attached hydrogens (tertiary/aromatic N) is 3. The standard InChI is InChI=1S/C17H33N3/c1-13(2)19-7-5-15(6-8-19)10-18-11-16-9-17(12-18)20(16)14(3)4/h13-17H,5-12H2,1-4H3. The molecule has 2 bridgehead atoms. The SMILES string of the molecule is CC(C)N1CCC(CN2CC3CC(C2)N3C(C)C)CC1. The lowest BCUT2D eigenvalue weighted by atomic mass is 9.84. The van der Waals surface area contributed by atoms with Crippen LogP contribution in [0.5, 0.6) is 0 Å². The molecule has 2 unspecified atom stereocenters. The van der Waals surface area contributed by atoms with Gasteiger partial charge in [0.1, 0.15) is 0 Å². The van der Waals surface area contributed by atoms with Gasteiger partial charge in [-0.05, 0) is 66.0 Å². The quantitative estimate of drug-likeness (QED) is 0.782. The average Bonchev–Trinajstić information content (AvgIpc) is 2.38. The van der Waals surface area contributed by atoms with Crippen LogP contribution in [0, 0.1) is 5.92 Å². The highest BCUT2D eigenvalue weighted by Gasteiger charge is 2.45. The molecule has 0 aliphatic carbocycles. The Kier molecular flexibility index (Phi) is 4.40. The number of hydrogen-bond donors (Lipinski definition) is 0. The second-order valence-corrected chi connectivity index (χ2v) is 7.88. The monoisotopic (exact) mass is 279 g/mol. The third-order valence-corrected chi connectivity index (χ3v) is 5.82. The highest BCUT2D eigenvalue weighted by Crippen LogP contribution is 2.34. The third-order valence-electron chi connectivity index (χ3n) is 5.82. The van der Waals surface area contributed by atoms with Crippen molar-refractivity contribution in [1.29, 1.82) is 0 Å². The maximum Gasteiger partial charge on any atom is 0.0244 e. The van der Waals surface area contributed by atoms with Gasteiger partial charge < -0.3 is 4.90 Å². The van der Waals surface area contributed by atoms with Gasteiger partial charge in [-0.1, -0.05) is 0 Å². The molecule has 2 atom stereocenters. The van der Waals surface area contributed by atoms with Gasteiger partial charge in [-0.2, -0.15) is 0 Å². The maximum absolute atomic E-state index is 2.77. The predicted molar refractivity (Wildman–Crippen MR) is 85.0 cm³/mol. The molecule has 0 aromatic carbocycles. The minimum atomic E-state index is 0.734. The minimum Gasteiger partial charge on any atom is -0.301 e. The normalized spacial score (nSPS) is 33.9. The van der Waals surface area contributed by atoms with Crippen LogP contribution >= 0.6 is 0 Å². The molecule has 0 aromatic heterocycles. The smallest absolute Gasteiger partial charge is 0.0244 e. The predicted octanol–water partition coefficient (Wildman–Crippen LogP) is 2.27. The van der Waals surface area contributed by atoms with Crippen LogP contribution in [0.15, 0.2) is 0 Å². The van der Waals surface area contributed by atoms with E-state index in [0.29, 0.717) is 0 Å². The minimum absolute atomic E-state index is 0.734. The lowest BCUT2D eigenvalue weighted by molar-refractivity contribution is -0.0923. The Bertz CT molecular complexity index is 308. The molecule has 4 aliphatic rings. The fraction of sp³-hybridized carbons (Fsp3) is 1.00. The molecular formula is C17H33N3. The van der Waals surface area contributed by atoms with Gasteiger partial charge in [-0.3, -0.25) is 9.80 Å². The third kappa shape index (κ3) is 2.90. The fourth-order valence-corrected chi connectivity index (χ4v) is 4.74. The van der Waals surface area contributed by atoms with Crippen molar-refractivity contribution < 1.29 is 0 Å². The van der Waals surface area contributed by atoms with Gasteiger partial charge in [0.05, 0.1) is 0 Å². The fourth-order valence-electron chi connectivity index (χ4n) is 4.74. The molecule has 3 heteroatoms. The molecule has 4 saturated heterocycles. The van der Waals surface area contributed by atoms with Crippen LogP contribution in [0.25, 0.3) is 0 Å². The van der Waals surface area contributed by atoms with Crippen molar-refractivity contribution in [3.8, 4) is 0 Å². The van der Waals surface area contributed by atoms with Gasteiger partial charge in [-0.15, -0.1) is 0 Å². The Hall–Kier alpha value is -0.120. The van der Waals surface area contributed by atoms with Crippen molar-refractivity contribution in [2.24, 2.45) is 5.92 Å². The molecule has 0 amide bonds. The molecule has 4 aliphatic heterocycles. The molecule has 4 heterocycles. The molecule has 116 valence electrons. The van der Waals surface area contributed by atoms with Gasteiger partial charge in [0.25, 0.3) is 0 Å². The summed E-state index contributed by atoms with van der Waals surface area (Å²) >= 11 is 0. The van der Waals surface area contributed by atoms with Crippen LogP contribution in [0.4, 0.5) is 0 Å². The van der Waals surface area contributed by atoms with Crippen LogP contribution < -0.4 is 0 Å². The first kappa shape index (κ1) is 14.8. The second kappa shape index (κ2) is 5.94. The van der Waals surface area contributed by atoms with Gasteiger partial charge in [-0.25, -0.2) is 0 Å². The Labute approximate surface area is 125 Å². The van der Waals surface area contributed by atoms with Crippen LogP contribution in [0.1, 0.15) is 47.0 Å². The van der Waals surface area contributed by atoms with Crippen molar-refractivity contribution in [3.05, 3.63) is 0 Å². The van der Waals surface area contributed by atoms with Gasteiger partial charge in [0, 0.05) is 43.8 Å². The molecule has 0 aromatic rings. The van der Waals surface area contributed by atoms with Crippen molar-refractivity contribution in [3.63, 3.8) is 0 Å². The summed E-state index contributed by atoms with van der Waals surface area (Å²) in [6.45, 7) is 16.1. The Morgan fingerprint density at radius 3 is 2.00 bits per heavy atom. The summed E-state index contributed by atoms with van der Waals surface area (Å²) in [5.41, 5.74) is 0. The van der Waals surface area contributed by atoms with E-state index in [1.165, 1.54) is 52.0 Å². The summed E-state index contributed by atoms with van der Waals surface area (Å²) in [7, 11) is 0. The lowest BCUT2D eigenvalue weighted by Crippen LogP contribution is -2.70. The van der Waals surface area contributed by atoms with E-state index in [-0.39, 0.29) is 0 Å². The van der Waals surface area contributed by atoms with E-state index < -0.39 is 0 Å². The van der Waals surface area contributed by atoms with Crippen molar-refractivity contribution >= 4 is 0 Å². The van der Waals surface area contributed by atoms with Crippen molar-refractivity contribution in [1.82, 2.24) is 14.7 Å². The number of piperidine rings is 2. The number of hydrogen-bond acceptors (Lipinski definition) is 3. The zero-order valence-electron chi connectivity index (χ0n) is 13.9. The van der Waals surface area contributed by atoms with E-state index in [9.17, 15) is 0 Å². The van der Waals surface area contributed by atoms with Crippen LogP contribution in [0.3, 0.4) is 0 Å². The topological polar surface area (TPSA) is 9.72 Å². The number of likely N-dealkylation sites (tertiary alicyclic amines) is 1. The second-order valence-electron chi connectivity index (χ2n) is 7.88. The number of piperazine rings is 1. The summed E-state index contributed by atoms with van der Waals surface area (Å²) in [5, 5.41) is 0. The molecular weight excluding hydrogens is 246 g/mol. The zero-order chi connectivity index (χ0) is 14.3. The first-order valence-corrected chi connectivity index (χ1v) is 8.78. The maximum atomic E-state index is 2.77. The lowest BCUT2D eigenvalue weighted by Gasteiger charge is -2.58. The van der Waals surface area contributed by atoms with E-state index in [1.807, 2.05) is 0 Å². The summed E-state index contributed by atoms with van der Waals surface area (Å²) < 4.78 is 0. The van der Waals surface area contributed by atoms with Crippen LogP contribution in [-0.2, 0) is 0 Å². The van der Waals surface area contributed by atoms with Gasteiger partial charge in [0.15, 0.2) is 0 Å². The zero-order valence-corrected chi connectivity index (χ0v) is 13.9. The Balaban J connectivity index is 1.43. The molecule has 0 radical (unpaired) electrons. The average molecular weight is 279 g/mol. The van der Waals surface area contributed by atoms with Gasteiger partial charge in [0.2, 0.25) is 0 Å². The van der Waals surface area contributed by atoms with E-state index in [1.54, 1.807) is 0 Å². The van der Waals surface area contributed by atoms with E-state index >= 15 is 0 Å². The number of rotatable bonds is 4. The molecule has 0 spiro atoms. The molecule has 0 saturated carbocycles. The largest absolute Gasteiger partial charge is 0.301 e. The van der Waals surface area contributed by atoms with Crippen LogP contribution in [-0.4, -0.2) is 71.6 Å². The summed E-state index contributed by atoms with van der Waals surface area (Å²) in [6, 6.07) is 3.21. The van der Waals surface area contributed by atoms with Crippen LogP contribution in [0.2, 0.25) is 0 Å². The summed E-state index contributed by atoms with van der Waals surface area (Å²) in [4.78, 5) is 8.16. The number of fused-ring (bicyclic) bond motifs is 2. The molecule has 20 heavy (non-hydrogen) atoms. The van der Waals surface area contributed by atoms with E-state index in [0.717, 1.165) is 30.1 Å². The summed E-state index contributed by atoms with van der Waals surface area (Å²) in [6.07, 6.45) is 4.29. The Morgan fingerprint density at radius 2 is 1.50 bits per heavy atom. The molecule has 4 fully saturated rings. The first-order chi connectivity index (χ1) is 9.54. The molecule has 4 rings (SSSR count). The molecule has 0 N–H and O–H groups in total. The van der Waals surface area contributed by atoms with Crippen molar-refractivity contribution in [2.45, 2.75) is 71.1 Å². The first-order valence-electron chi connectivity index (χ1n) is 8.78. The Morgan fingerprint density at radius 1 is 0.900 bits per heavy atom. The summed E-state index contributed by atoms with van der Waals surface area (Å²) in [5.74, 6) is 0.954.